The van der Waals surface area contributed by atoms with Crippen LogP contribution in [0.3, 0.4) is 0 Å². The summed E-state index contributed by atoms with van der Waals surface area (Å²) in [4.78, 5) is 23.0. The lowest BCUT2D eigenvalue weighted by atomic mass is 10.2. The van der Waals surface area contributed by atoms with Crippen LogP contribution in [0.4, 0.5) is 5.69 Å². The van der Waals surface area contributed by atoms with E-state index in [1.807, 2.05) is 13.0 Å². The van der Waals surface area contributed by atoms with E-state index in [0.717, 1.165) is 0 Å². The summed E-state index contributed by atoms with van der Waals surface area (Å²) in [7, 11) is 1.30. The minimum Gasteiger partial charge on any atom is -0.465 e. The molecule has 0 saturated heterocycles. The molecule has 0 aliphatic carbocycles. The number of para-hydroxylation sites is 1. The molecule has 18 heavy (non-hydrogen) atoms. The topological polar surface area (TPSA) is 55.4 Å². The molecule has 1 amide bonds. The Hall–Kier alpha value is -2.36. The average molecular weight is 245 g/mol. The summed E-state index contributed by atoms with van der Waals surface area (Å²) < 4.78 is 4.64. The minimum atomic E-state index is -0.483. The van der Waals surface area contributed by atoms with E-state index in [4.69, 9.17) is 0 Å². The molecule has 0 aromatic heterocycles. The third-order valence-electron chi connectivity index (χ3n) is 2.14. The summed E-state index contributed by atoms with van der Waals surface area (Å²) in [5.74, 6) is -0.784. The molecule has 0 fully saturated rings. The summed E-state index contributed by atoms with van der Waals surface area (Å²) >= 11 is 0. The Balaban J connectivity index is 2.84. The Morgan fingerprint density at radius 2 is 1.94 bits per heavy atom. The predicted octanol–water partition coefficient (Wildman–Crippen LogP) is 2.54. The Morgan fingerprint density at radius 3 is 2.61 bits per heavy atom. The number of rotatable bonds is 4. The number of carbonyl (C=O) groups is 2. The number of carbonyl (C=O) groups excluding carboxylic acids is 2. The second-order valence-electron chi connectivity index (χ2n) is 3.41. The standard InChI is InChI=1S/C14H15NO3/c1-3-4-5-10-13(16)15-12-9-7-6-8-11(12)14(17)18-2/h3-10H,1-2H3,(H,15,16)/b4-3+,10-5+. The normalized spacial score (nSPS) is 10.8. The van der Waals surface area contributed by atoms with Crippen LogP contribution >= 0.6 is 0 Å². The number of methoxy groups -OCH3 is 1. The highest BCUT2D eigenvalue weighted by molar-refractivity contribution is 6.04. The summed E-state index contributed by atoms with van der Waals surface area (Å²) in [6, 6.07) is 6.68. The van der Waals surface area contributed by atoms with Crippen molar-refractivity contribution in [3.63, 3.8) is 0 Å². The van der Waals surface area contributed by atoms with Gasteiger partial charge in [0.05, 0.1) is 18.4 Å². The molecule has 0 aliphatic heterocycles. The van der Waals surface area contributed by atoms with Gasteiger partial charge in [-0.15, -0.1) is 0 Å². The van der Waals surface area contributed by atoms with Gasteiger partial charge in [0.1, 0.15) is 0 Å². The molecule has 0 saturated carbocycles. The number of amides is 1. The Morgan fingerprint density at radius 1 is 1.22 bits per heavy atom. The molecule has 0 bridgehead atoms. The van der Waals surface area contributed by atoms with E-state index in [0.29, 0.717) is 11.3 Å². The number of hydrogen-bond donors (Lipinski definition) is 1. The van der Waals surface area contributed by atoms with Crippen LogP contribution in [0.25, 0.3) is 0 Å². The van der Waals surface area contributed by atoms with E-state index in [9.17, 15) is 9.59 Å². The fourth-order valence-corrected chi connectivity index (χ4v) is 1.31. The maximum Gasteiger partial charge on any atom is 0.339 e. The molecule has 4 nitrogen and oxygen atoms in total. The molecule has 1 rings (SSSR count). The lowest BCUT2D eigenvalue weighted by Crippen LogP contribution is -2.12. The largest absolute Gasteiger partial charge is 0.465 e. The van der Waals surface area contributed by atoms with Crippen LogP contribution in [0.15, 0.2) is 48.6 Å². The van der Waals surface area contributed by atoms with Gasteiger partial charge in [-0.2, -0.15) is 0 Å². The van der Waals surface area contributed by atoms with Crippen molar-refractivity contribution in [2.75, 3.05) is 12.4 Å². The molecule has 1 N–H and O–H groups in total. The maximum absolute atomic E-state index is 11.6. The number of esters is 1. The molecule has 1 aromatic carbocycles. The number of nitrogens with one attached hydrogen (secondary N) is 1. The van der Waals surface area contributed by atoms with Gasteiger partial charge in [-0.05, 0) is 19.1 Å². The zero-order valence-corrected chi connectivity index (χ0v) is 10.3. The lowest BCUT2D eigenvalue weighted by Gasteiger charge is -2.07. The summed E-state index contributed by atoms with van der Waals surface area (Å²) in [5, 5.41) is 2.62. The zero-order valence-electron chi connectivity index (χ0n) is 10.3. The molecule has 0 heterocycles. The Labute approximate surface area is 106 Å². The van der Waals surface area contributed by atoms with Gasteiger partial charge in [-0.3, -0.25) is 4.79 Å². The smallest absolute Gasteiger partial charge is 0.339 e. The molecule has 0 aliphatic rings. The monoisotopic (exact) mass is 245 g/mol. The number of benzene rings is 1. The van der Waals surface area contributed by atoms with Crippen LogP contribution in [-0.2, 0) is 9.53 Å². The third kappa shape index (κ3) is 3.90. The van der Waals surface area contributed by atoms with Crippen LogP contribution in [0.1, 0.15) is 17.3 Å². The number of allylic oxidation sites excluding steroid dienone is 3. The van der Waals surface area contributed by atoms with Gasteiger partial charge in [-0.1, -0.05) is 30.4 Å². The predicted molar refractivity (Wildman–Crippen MR) is 70.4 cm³/mol. The zero-order chi connectivity index (χ0) is 13.4. The number of anilines is 1. The molecule has 0 atom stereocenters. The van der Waals surface area contributed by atoms with Gasteiger partial charge in [-0.25, -0.2) is 4.79 Å². The van der Waals surface area contributed by atoms with Crippen LogP contribution in [0, 0.1) is 0 Å². The first-order chi connectivity index (χ1) is 8.69. The summed E-state index contributed by atoms with van der Waals surface area (Å²) in [6.45, 7) is 1.86. The molecule has 4 heteroatoms. The highest BCUT2D eigenvalue weighted by atomic mass is 16.5. The maximum atomic E-state index is 11.6. The fourth-order valence-electron chi connectivity index (χ4n) is 1.31. The van der Waals surface area contributed by atoms with Crippen molar-refractivity contribution >= 4 is 17.6 Å². The Kier molecular flexibility index (Phi) is 5.38. The first kappa shape index (κ1) is 13.7. The second-order valence-corrected chi connectivity index (χ2v) is 3.41. The third-order valence-corrected chi connectivity index (χ3v) is 2.14. The van der Waals surface area contributed by atoms with Gasteiger partial charge >= 0.3 is 5.97 Å². The highest BCUT2D eigenvalue weighted by Crippen LogP contribution is 2.15. The summed E-state index contributed by atoms with van der Waals surface area (Å²) in [5.41, 5.74) is 0.757. The Bertz CT molecular complexity index is 490. The van der Waals surface area contributed by atoms with Gasteiger partial charge in [0.25, 0.3) is 0 Å². The molecular formula is C14H15NO3. The van der Waals surface area contributed by atoms with E-state index in [-0.39, 0.29) is 5.91 Å². The van der Waals surface area contributed by atoms with Crippen LogP contribution in [-0.4, -0.2) is 19.0 Å². The van der Waals surface area contributed by atoms with E-state index in [1.165, 1.54) is 13.2 Å². The molecule has 0 unspecified atom stereocenters. The average Bonchev–Trinajstić information content (AvgIpc) is 2.39. The van der Waals surface area contributed by atoms with Crippen molar-refractivity contribution in [3.05, 3.63) is 54.1 Å². The highest BCUT2D eigenvalue weighted by Gasteiger charge is 2.11. The van der Waals surface area contributed by atoms with Crippen molar-refractivity contribution in [1.29, 1.82) is 0 Å². The van der Waals surface area contributed by atoms with E-state index >= 15 is 0 Å². The molecular weight excluding hydrogens is 230 g/mol. The molecule has 1 aromatic rings. The van der Waals surface area contributed by atoms with Crippen molar-refractivity contribution in [2.45, 2.75) is 6.92 Å². The van der Waals surface area contributed by atoms with E-state index in [2.05, 4.69) is 10.1 Å². The number of hydrogen-bond acceptors (Lipinski definition) is 3. The van der Waals surface area contributed by atoms with Crippen LogP contribution in [0.2, 0.25) is 0 Å². The van der Waals surface area contributed by atoms with Crippen molar-refractivity contribution in [1.82, 2.24) is 0 Å². The quantitative estimate of drug-likeness (QED) is 0.504. The SMILES string of the molecule is C/C=C/C=C/C(=O)Nc1ccccc1C(=O)OC. The second kappa shape index (κ2) is 7.06. The first-order valence-corrected chi connectivity index (χ1v) is 5.46. The van der Waals surface area contributed by atoms with E-state index in [1.54, 1.807) is 36.4 Å². The first-order valence-electron chi connectivity index (χ1n) is 5.46. The van der Waals surface area contributed by atoms with Crippen LogP contribution < -0.4 is 5.32 Å². The van der Waals surface area contributed by atoms with Gasteiger partial charge in [0.2, 0.25) is 5.91 Å². The minimum absolute atomic E-state index is 0.301. The van der Waals surface area contributed by atoms with Crippen LogP contribution in [0.5, 0.6) is 0 Å². The molecule has 0 radical (unpaired) electrons. The lowest BCUT2D eigenvalue weighted by molar-refractivity contribution is -0.111. The van der Waals surface area contributed by atoms with Gasteiger partial charge in [0.15, 0.2) is 0 Å². The van der Waals surface area contributed by atoms with Crippen molar-refractivity contribution < 1.29 is 14.3 Å². The van der Waals surface area contributed by atoms with Crippen molar-refractivity contribution in [2.24, 2.45) is 0 Å². The van der Waals surface area contributed by atoms with Gasteiger partial charge < -0.3 is 10.1 Å². The van der Waals surface area contributed by atoms with E-state index < -0.39 is 5.97 Å². The molecule has 0 spiro atoms. The van der Waals surface area contributed by atoms with Crippen molar-refractivity contribution in [3.8, 4) is 0 Å². The molecule has 94 valence electrons. The number of ether oxygens (including phenoxy) is 1. The fraction of sp³-hybridized carbons (Fsp3) is 0.143. The van der Waals surface area contributed by atoms with Gasteiger partial charge in [0, 0.05) is 6.08 Å². The summed E-state index contributed by atoms with van der Waals surface area (Å²) in [6.07, 6.45) is 6.56.